The average Bonchev–Trinajstić information content (AvgIpc) is 2.54. The number of pyridine rings is 1. The number of halogens is 2. The Morgan fingerprint density at radius 3 is 2.88 bits per heavy atom. The van der Waals surface area contributed by atoms with Gasteiger partial charge in [0, 0.05) is 17.2 Å². The molecular weight excluding hydrogens is 348 g/mol. The van der Waals surface area contributed by atoms with Gasteiger partial charge in [0.2, 0.25) is 0 Å². The molecule has 1 N–H and O–H groups in total. The monoisotopic (exact) mass is 362 g/mol. The van der Waals surface area contributed by atoms with Crippen LogP contribution in [0.25, 0.3) is 0 Å². The van der Waals surface area contributed by atoms with Gasteiger partial charge in [-0.3, -0.25) is 0 Å². The van der Waals surface area contributed by atoms with Crippen LogP contribution in [0.4, 0.5) is 5.82 Å². The number of aliphatic hydroxyl groups excluding tert-OH is 1. The first kappa shape index (κ1) is 13.3. The SMILES string of the molecule is OCC1CCCCCN1c1ncc(Br)cc1Br. The highest BCUT2D eigenvalue weighted by Crippen LogP contribution is 2.30. The Morgan fingerprint density at radius 1 is 1.35 bits per heavy atom. The summed E-state index contributed by atoms with van der Waals surface area (Å²) >= 11 is 6.96. The third-order valence-corrected chi connectivity index (χ3v) is 4.17. The number of aromatic nitrogens is 1. The van der Waals surface area contributed by atoms with Crippen LogP contribution in [0, 0.1) is 0 Å². The summed E-state index contributed by atoms with van der Waals surface area (Å²) in [7, 11) is 0. The standard InChI is InChI=1S/C12H16Br2N2O/c13-9-6-11(14)12(15-7-9)16-5-3-1-2-4-10(16)8-17/h6-7,10,17H,1-5,8H2. The molecule has 3 nitrogen and oxygen atoms in total. The van der Waals surface area contributed by atoms with Gasteiger partial charge in [-0.05, 0) is 50.8 Å². The molecule has 1 aliphatic heterocycles. The number of rotatable bonds is 2. The van der Waals surface area contributed by atoms with Crippen molar-refractivity contribution in [2.75, 3.05) is 18.1 Å². The van der Waals surface area contributed by atoms with Crippen molar-refractivity contribution in [3.63, 3.8) is 0 Å². The highest BCUT2D eigenvalue weighted by atomic mass is 79.9. The smallest absolute Gasteiger partial charge is 0.143 e. The minimum Gasteiger partial charge on any atom is -0.394 e. The first-order valence-electron chi connectivity index (χ1n) is 5.91. The molecule has 1 atom stereocenters. The predicted molar refractivity (Wildman–Crippen MR) is 76.3 cm³/mol. The average molecular weight is 364 g/mol. The summed E-state index contributed by atoms with van der Waals surface area (Å²) in [5, 5.41) is 9.50. The minimum absolute atomic E-state index is 0.197. The maximum Gasteiger partial charge on any atom is 0.143 e. The van der Waals surface area contributed by atoms with Crippen molar-refractivity contribution < 1.29 is 5.11 Å². The largest absolute Gasteiger partial charge is 0.394 e. The Kier molecular flexibility index (Phi) is 4.82. The number of aliphatic hydroxyl groups is 1. The van der Waals surface area contributed by atoms with Gasteiger partial charge in [0.25, 0.3) is 0 Å². The van der Waals surface area contributed by atoms with Crippen LogP contribution in [-0.2, 0) is 0 Å². The summed E-state index contributed by atoms with van der Waals surface area (Å²) in [5.74, 6) is 0.939. The molecule has 5 heteroatoms. The van der Waals surface area contributed by atoms with Crippen LogP contribution in [0.2, 0.25) is 0 Å². The second-order valence-electron chi connectivity index (χ2n) is 4.34. The van der Waals surface area contributed by atoms with Crippen LogP contribution in [-0.4, -0.2) is 29.3 Å². The van der Waals surface area contributed by atoms with Gasteiger partial charge in [0.1, 0.15) is 5.82 Å². The molecule has 1 saturated heterocycles. The Labute approximate surface area is 118 Å². The highest BCUT2D eigenvalue weighted by molar-refractivity contribution is 9.11. The van der Waals surface area contributed by atoms with Crippen LogP contribution >= 0.6 is 31.9 Å². The molecule has 0 aromatic carbocycles. The summed E-state index contributed by atoms with van der Waals surface area (Å²) in [4.78, 5) is 6.69. The molecular formula is C12H16Br2N2O. The van der Waals surface area contributed by atoms with E-state index in [2.05, 4.69) is 41.7 Å². The molecule has 2 rings (SSSR count). The maximum absolute atomic E-state index is 9.50. The van der Waals surface area contributed by atoms with E-state index in [0.717, 1.165) is 27.7 Å². The summed E-state index contributed by atoms with van der Waals surface area (Å²) in [5.41, 5.74) is 0. The predicted octanol–water partition coefficient (Wildman–Crippen LogP) is 3.35. The van der Waals surface area contributed by atoms with Gasteiger partial charge < -0.3 is 10.0 Å². The van der Waals surface area contributed by atoms with Crippen molar-refractivity contribution in [3.05, 3.63) is 21.2 Å². The molecule has 0 amide bonds. The van der Waals surface area contributed by atoms with Gasteiger partial charge >= 0.3 is 0 Å². The fourth-order valence-corrected chi connectivity index (χ4v) is 3.48. The van der Waals surface area contributed by atoms with Gasteiger partial charge in [-0.25, -0.2) is 4.98 Å². The lowest BCUT2D eigenvalue weighted by molar-refractivity contribution is 0.254. The van der Waals surface area contributed by atoms with E-state index in [1.807, 2.05) is 6.07 Å². The molecule has 1 aromatic rings. The van der Waals surface area contributed by atoms with Crippen molar-refractivity contribution in [2.24, 2.45) is 0 Å². The van der Waals surface area contributed by atoms with Crippen LogP contribution in [0.3, 0.4) is 0 Å². The molecule has 1 aromatic heterocycles. The Hall–Kier alpha value is -0.130. The molecule has 0 bridgehead atoms. The quantitative estimate of drug-likeness (QED) is 0.875. The zero-order chi connectivity index (χ0) is 12.3. The molecule has 1 aliphatic rings. The highest BCUT2D eigenvalue weighted by Gasteiger charge is 2.23. The molecule has 1 unspecified atom stereocenters. The van der Waals surface area contributed by atoms with E-state index in [4.69, 9.17) is 0 Å². The topological polar surface area (TPSA) is 36.4 Å². The summed E-state index contributed by atoms with van der Waals surface area (Å²) in [6.45, 7) is 1.17. The zero-order valence-electron chi connectivity index (χ0n) is 9.57. The second-order valence-corrected chi connectivity index (χ2v) is 6.11. The van der Waals surface area contributed by atoms with Crippen molar-refractivity contribution in [3.8, 4) is 0 Å². The molecule has 0 saturated carbocycles. The first-order chi connectivity index (χ1) is 8.22. The van der Waals surface area contributed by atoms with E-state index in [9.17, 15) is 5.11 Å². The van der Waals surface area contributed by atoms with Gasteiger partial charge in [0.05, 0.1) is 17.1 Å². The van der Waals surface area contributed by atoms with Crippen LogP contribution < -0.4 is 4.90 Å². The molecule has 1 fully saturated rings. The van der Waals surface area contributed by atoms with Gasteiger partial charge in [-0.2, -0.15) is 0 Å². The number of anilines is 1. The van der Waals surface area contributed by atoms with Gasteiger partial charge in [-0.1, -0.05) is 12.8 Å². The molecule has 17 heavy (non-hydrogen) atoms. The Balaban J connectivity index is 2.28. The van der Waals surface area contributed by atoms with E-state index in [-0.39, 0.29) is 12.6 Å². The van der Waals surface area contributed by atoms with Crippen molar-refractivity contribution in [1.29, 1.82) is 0 Å². The van der Waals surface area contributed by atoms with Crippen LogP contribution in [0.1, 0.15) is 25.7 Å². The molecule has 0 spiro atoms. The number of hydrogen-bond donors (Lipinski definition) is 1. The third-order valence-electron chi connectivity index (χ3n) is 3.15. The second kappa shape index (κ2) is 6.16. The van der Waals surface area contributed by atoms with Gasteiger partial charge in [0.15, 0.2) is 0 Å². The zero-order valence-corrected chi connectivity index (χ0v) is 12.7. The Morgan fingerprint density at radius 2 is 2.18 bits per heavy atom. The van der Waals surface area contributed by atoms with Crippen molar-refractivity contribution in [1.82, 2.24) is 4.98 Å². The first-order valence-corrected chi connectivity index (χ1v) is 7.49. The summed E-state index contributed by atoms with van der Waals surface area (Å²) < 4.78 is 1.94. The fraction of sp³-hybridized carbons (Fsp3) is 0.583. The van der Waals surface area contributed by atoms with E-state index < -0.39 is 0 Å². The molecule has 94 valence electrons. The summed E-state index contributed by atoms with van der Waals surface area (Å²) in [6.07, 6.45) is 6.44. The lowest BCUT2D eigenvalue weighted by Crippen LogP contribution is -2.38. The normalized spacial score (nSPS) is 21.4. The maximum atomic E-state index is 9.50. The van der Waals surface area contributed by atoms with E-state index in [1.54, 1.807) is 6.20 Å². The van der Waals surface area contributed by atoms with Crippen molar-refractivity contribution in [2.45, 2.75) is 31.7 Å². The molecule has 2 heterocycles. The fourth-order valence-electron chi connectivity index (χ4n) is 2.26. The van der Waals surface area contributed by atoms with E-state index in [1.165, 1.54) is 19.3 Å². The lowest BCUT2D eigenvalue weighted by Gasteiger charge is -2.30. The lowest BCUT2D eigenvalue weighted by atomic mass is 10.1. The van der Waals surface area contributed by atoms with Crippen LogP contribution in [0.5, 0.6) is 0 Å². The Bertz CT molecular complexity index is 387. The third kappa shape index (κ3) is 3.20. The number of hydrogen-bond acceptors (Lipinski definition) is 3. The van der Waals surface area contributed by atoms with E-state index >= 15 is 0 Å². The van der Waals surface area contributed by atoms with Gasteiger partial charge in [-0.15, -0.1) is 0 Å². The summed E-state index contributed by atoms with van der Waals surface area (Å²) in [6, 6.07) is 2.20. The molecule has 0 radical (unpaired) electrons. The van der Waals surface area contributed by atoms with Crippen LogP contribution in [0.15, 0.2) is 21.2 Å². The minimum atomic E-state index is 0.197. The van der Waals surface area contributed by atoms with E-state index in [0.29, 0.717) is 0 Å². The number of nitrogens with zero attached hydrogens (tertiary/aromatic N) is 2. The van der Waals surface area contributed by atoms with Crippen molar-refractivity contribution >= 4 is 37.7 Å². The molecule has 0 aliphatic carbocycles.